The van der Waals surface area contributed by atoms with Crippen molar-refractivity contribution in [3.63, 3.8) is 0 Å². The van der Waals surface area contributed by atoms with E-state index in [0.29, 0.717) is 18.8 Å². The largest absolute Gasteiger partial charge is 0.390 e. The Kier molecular flexibility index (Phi) is 7.52. The van der Waals surface area contributed by atoms with Crippen LogP contribution in [-0.2, 0) is 0 Å². The topological polar surface area (TPSA) is 40.5 Å². The summed E-state index contributed by atoms with van der Waals surface area (Å²) < 4.78 is 14.0. The molecule has 0 aliphatic rings. The summed E-state index contributed by atoms with van der Waals surface area (Å²) in [7, 11) is 0. The highest BCUT2D eigenvalue weighted by atomic mass is 19.1. The average Bonchev–Trinajstić information content (AvgIpc) is 2.21. The Morgan fingerprint density at radius 2 is 1.42 bits per heavy atom. The molecule has 0 aliphatic carbocycles. The van der Waals surface area contributed by atoms with Crippen LogP contribution in [0.25, 0.3) is 0 Å². The minimum atomic E-state index is -1.23. The summed E-state index contributed by atoms with van der Waals surface area (Å²) in [6.45, 7) is 11.2. The summed E-state index contributed by atoms with van der Waals surface area (Å²) in [5, 5.41) is 19.9. The zero-order valence-electron chi connectivity index (χ0n) is 13.5. The van der Waals surface area contributed by atoms with Crippen LogP contribution in [0.1, 0.15) is 73.6 Å². The molecule has 0 aliphatic heterocycles. The second kappa shape index (κ2) is 7.58. The van der Waals surface area contributed by atoms with Gasteiger partial charge in [0, 0.05) is 0 Å². The van der Waals surface area contributed by atoms with Gasteiger partial charge >= 0.3 is 0 Å². The number of hydrogen-bond acceptors (Lipinski definition) is 2. The lowest BCUT2D eigenvalue weighted by molar-refractivity contribution is -0.0384. The smallest absolute Gasteiger partial charge is 0.129 e. The van der Waals surface area contributed by atoms with Crippen molar-refractivity contribution in [3.8, 4) is 0 Å². The minimum Gasteiger partial charge on any atom is -0.390 e. The molecule has 116 valence electrons. The predicted octanol–water partition coefficient (Wildman–Crippen LogP) is 4.09. The highest BCUT2D eigenvalue weighted by Crippen LogP contribution is 2.28. The molecule has 0 rings (SSSR count). The van der Waals surface area contributed by atoms with Gasteiger partial charge in [0.2, 0.25) is 0 Å². The summed E-state index contributed by atoms with van der Waals surface area (Å²) in [5.41, 5.74) is -1.87. The molecule has 0 aromatic carbocycles. The Bertz CT molecular complexity index is 244. The molecular formula is C16H33FO2. The van der Waals surface area contributed by atoms with Crippen molar-refractivity contribution in [2.24, 2.45) is 11.8 Å². The van der Waals surface area contributed by atoms with Gasteiger partial charge in [-0.2, -0.15) is 0 Å². The van der Waals surface area contributed by atoms with Crippen LogP contribution >= 0.6 is 0 Å². The monoisotopic (exact) mass is 276 g/mol. The lowest BCUT2D eigenvalue weighted by Crippen LogP contribution is -2.37. The number of alkyl halides is 1. The number of rotatable bonds is 9. The number of hydrogen-bond donors (Lipinski definition) is 2. The number of aliphatic hydroxyl groups is 2. The van der Waals surface area contributed by atoms with Gasteiger partial charge < -0.3 is 10.2 Å². The molecule has 0 amide bonds. The molecule has 2 nitrogen and oxygen atoms in total. The zero-order valence-corrected chi connectivity index (χ0v) is 13.5. The van der Waals surface area contributed by atoms with E-state index in [1.54, 1.807) is 20.8 Å². The molecule has 3 heteroatoms. The summed E-state index contributed by atoms with van der Waals surface area (Å²) in [5.74, 6) is 0.651. The van der Waals surface area contributed by atoms with Gasteiger partial charge in [0.05, 0.1) is 11.2 Å². The fourth-order valence-corrected chi connectivity index (χ4v) is 2.11. The van der Waals surface area contributed by atoms with E-state index in [0.717, 1.165) is 19.3 Å². The van der Waals surface area contributed by atoms with Gasteiger partial charge in [-0.05, 0) is 64.7 Å². The summed E-state index contributed by atoms with van der Waals surface area (Å²) >= 11 is 0. The summed E-state index contributed by atoms with van der Waals surface area (Å²) in [6, 6.07) is 0. The molecule has 0 radical (unpaired) electrons. The van der Waals surface area contributed by atoms with Gasteiger partial charge in [0.25, 0.3) is 0 Å². The molecule has 0 aromatic rings. The molecule has 0 saturated heterocycles. The highest BCUT2D eigenvalue weighted by molar-refractivity contribution is 4.83. The van der Waals surface area contributed by atoms with E-state index in [2.05, 4.69) is 6.92 Å². The van der Waals surface area contributed by atoms with Crippen LogP contribution in [0.5, 0.6) is 0 Å². The third-order valence-corrected chi connectivity index (χ3v) is 3.75. The van der Waals surface area contributed by atoms with Gasteiger partial charge in [-0.25, -0.2) is 4.39 Å². The third kappa shape index (κ3) is 9.39. The molecular weight excluding hydrogens is 243 g/mol. The van der Waals surface area contributed by atoms with E-state index < -0.39 is 17.4 Å². The fourth-order valence-electron chi connectivity index (χ4n) is 2.11. The van der Waals surface area contributed by atoms with Gasteiger partial charge in [0.1, 0.15) is 6.17 Å². The molecule has 3 atom stereocenters. The first-order chi connectivity index (χ1) is 8.44. The molecule has 0 fully saturated rings. The number of halogens is 1. The average molecular weight is 276 g/mol. The zero-order chi connectivity index (χ0) is 15.3. The first-order valence-electron chi connectivity index (χ1n) is 7.53. The van der Waals surface area contributed by atoms with Crippen LogP contribution < -0.4 is 0 Å². The lowest BCUT2D eigenvalue weighted by atomic mass is 9.85. The van der Waals surface area contributed by atoms with Crippen molar-refractivity contribution in [1.82, 2.24) is 0 Å². The Labute approximate surface area is 118 Å². The fraction of sp³-hybridized carbons (Fsp3) is 1.00. The second-order valence-corrected chi connectivity index (χ2v) is 7.45. The van der Waals surface area contributed by atoms with Crippen LogP contribution in [-0.4, -0.2) is 27.6 Å². The molecule has 0 saturated carbocycles. The van der Waals surface area contributed by atoms with E-state index in [1.165, 1.54) is 0 Å². The molecule has 0 heterocycles. The van der Waals surface area contributed by atoms with Crippen molar-refractivity contribution >= 4 is 0 Å². The van der Waals surface area contributed by atoms with E-state index in [4.69, 9.17) is 0 Å². The Hall–Kier alpha value is -0.150. The van der Waals surface area contributed by atoms with Crippen molar-refractivity contribution in [2.75, 3.05) is 0 Å². The Morgan fingerprint density at radius 3 is 1.84 bits per heavy atom. The van der Waals surface area contributed by atoms with Crippen LogP contribution in [0.2, 0.25) is 0 Å². The quantitative estimate of drug-likeness (QED) is 0.666. The molecule has 3 unspecified atom stereocenters. The molecule has 0 aromatic heterocycles. The van der Waals surface area contributed by atoms with Gasteiger partial charge in [-0.15, -0.1) is 0 Å². The van der Waals surface area contributed by atoms with Crippen molar-refractivity contribution < 1.29 is 14.6 Å². The molecule has 2 N–H and O–H groups in total. The first-order valence-corrected chi connectivity index (χ1v) is 7.53. The highest BCUT2D eigenvalue weighted by Gasteiger charge is 2.32. The van der Waals surface area contributed by atoms with Crippen molar-refractivity contribution in [3.05, 3.63) is 0 Å². The SMILES string of the molecule is CC(C)CC(F)C(C)(O)CCC(C)CCC(C)(C)O. The van der Waals surface area contributed by atoms with Crippen LogP contribution in [0.15, 0.2) is 0 Å². The van der Waals surface area contributed by atoms with Crippen LogP contribution in [0.3, 0.4) is 0 Å². The van der Waals surface area contributed by atoms with Crippen molar-refractivity contribution in [1.29, 1.82) is 0 Å². The summed E-state index contributed by atoms with van der Waals surface area (Å²) in [6.07, 6.45) is 2.16. The lowest BCUT2D eigenvalue weighted by Gasteiger charge is -2.30. The van der Waals surface area contributed by atoms with Crippen LogP contribution in [0.4, 0.5) is 4.39 Å². The van der Waals surface area contributed by atoms with Crippen LogP contribution in [0, 0.1) is 11.8 Å². The molecule has 0 bridgehead atoms. The van der Waals surface area contributed by atoms with Gasteiger partial charge in [-0.3, -0.25) is 0 Å². The Balaban J connectivity index is 4.08. The third-order valence-electron chi connectivity index (χ3n) is 3.75. The molecule has 0 spiro atoms. The summed E-state index contributed by atoms with van der Waals surface area (Å²) in [4.78, 5) is 0. The van der Waals surface area contributed by atoms with E-state index in [1.807, 2.05) is 13.8 Å². The predicted molar refractivity (Wildman–Crippen MR) is 78.9 cm³/mol. The van der Waals surface area contributed by atoms with E-state index in [-0.39, 0.29) is 5.92 Å². The van der Waals surface area contributed by atoms with Gasteiger partial charge in [-0.1, -0.05) is 20.8 Å². The Morgan fingerprint density at radius 1 is 0.947 bits per heavy atom. The van der Waals surface area contributed by atoms with Gasteiger partial charge in [0.15, 0.2) is 0 Å². The van der Waals surface area contributed by atoms with E-state index in [9.17, 15) is 14.6 Å². The maximum atomic E-state index is 14.0. The normalized spacial score (nSPS) is 19.3. The van der Waals surface area contributed by atoms with E-state index >= 15 is 0 Å². The minimum absolute atomic E-state index is 0.258. The maximum absolute atomic E-state index is 14.0. The maximum Gasteiger partial charge on any atom is 0.129 e. The molecule has 19 heavy (non-hydrogen) atoms. The standard InChI is InChI=1S/C16H33FO2/c1-12(2)11-14(17)16(6,19)10-8-13(3)7-9-15(4,5)18/h12-14,18-19H,7-11H2,1-6H3. The van der Waals surface area contributed by atoms with Crippen molar-refractivity contribution in [2.45, 2.75) is 91.0 Å². The second-order valence-electron chi connectivity index (χ2n) is 7.45. The first kappa shape index (κ1) is 18.9.